The Morgan fingerprint density at radius 3 is 3.11 bits per heavy atom. The molecule has 0 amide bonds. The van der Waals surface area contributed by atoms with Crippen molar-refractivity contribution >= 4 is 11.7 Å². The molecule has 0 bridgehead atoms. The van der Waals surface area contributed by atoms with E-state index >= 15 is 0 Å². The first-order valence-corrected chi connectivity index (χ1v) is 5.54. The highest BCUT2D eigenvalue weighted by Crippen LogP contribution is 2.23. The number of anilines is 1. The standard InChI is InChI=1S/C11H11N5O2/c17-11(18)8-1-2-12-5-9(8)15-3-4-16-7-13-14-10(16)6-15/h1-2,5,7H,3-4,6H2,(H,17,18). The summed E-state index contributed by atoms with van der Waals surface area (Å²) in [5.41, 5.74) is 0.886. The second kappa shape index (κ2) is 4.10. The lowest BCUT2D eigenvalue weighted by Crippen LogP contribution is -2.34. The Hall–Kier alpha value is -2.44. The fourth-order valence-corrected chi connectivity index (χ4v) is 2.09. The first-order valence-electron chi connectivity index (χ1n) is 5.54. The van der Waals surface area contributed by atoms with Gasteiger partial charge < -0.3 is 14.6 Å². The molecule has 92 valence electrons. The lowest BCUT2D eigenvalue weighted by atomic mass is 10.2. The molecule has 0 saturated heterocycles. The van der Waals surface area contributed by atoms with Crippen LogP contribution in [0.2, 0.25) is 0 Å². The first-order chi connectivity index (χ1) is 8.75. The second-order valence-electron chi connectivity index (χ2n) is 4.06. The van der Waals surface area contributed by atoms with E-state index in [0.717, 1.165) is 18.9 Å². The van der Waals surface area contributed by atoms with Gasteiger partial charge in [-0.15, -0.1) is 10.2 Å². The number of aromatic carboxylic acids is 1. The van der Waals surface area contributed by atoms with Gasteiger partial charge >= 0.3 is 5.97 Å². The quantitative estimate of drug-likeness (QED) is 0.824. The van der Waals surface area contributed by atoms with E-state index in [1.807, 2.05) is 9.47 Å². The van der Waals surface area contributed by atoms with Crippen LogP contribution in [-0.4, -0.2) is 37.4 Å². The number of aromatic nitrogens is 4. The van der Waals surface area contributed by atoms with Gasteiger partial charge in [0.25, 0.3) is 0 Å². The van der Waals surface area contributed by atoms with Crippen molar-refractivity contribution in [3.63, 3.8) is 0 Å². The molecule has 0 unspecified atom stereocenters. The van der Waals surface area contributed by atoms with Crippen LogP contribution in [0.1, 0.15) is 16.2 Å². The monoisotopic (exact) mass is 245 g/mol. The smallest absolute Gasteiger partial charge is 0.337 e. The van der Waals surface area contributed by atoms with Crippen LogP contribution < -0.4 is 4.90 Å². The van der Waals surface area contributed by atoms with Gasteiger partial charge in [-0.25, -0.2) is 4.79 Å². The predicted octanol–water partition coefficient (Wildman–Crippen LogP) is 0.391. The summed E-state index contributed by atoms with van der Waals surface area (Å²) in [7, 11) is 0. The van der Waals surface area contributed by atoms with Gasteiger partial charge in [0, 0.05) is 19.3 Å². The molecule has 0 atom stereocenters. The maximum absolute atomic E-state index is 11.2. The molecular weight excluding hydrogens is 234 g/mol. The van der Waals surface area contributed by atoms with Crippen molar-refractivity contribution in [3.8, 4) is 0 Å². The van der Waals surface area contributed by atoms with Gasteiger partial charge in [-0.3, -0.25) is 4.98 Å². The van der Waals surface area contributed by atoms with Gasteiger partial charge in [-0.1, -0.05) is 0 Å². The van der Waals surface area contributed by atoms with E-state index in [2.05, 4.69) is 15.2 Å². The van der Waals surface area contributed by atoms with E-state index in [4.69, 9.17) is 5.11 Å². The number of carbonyl (C=O) groups is 1. The molecule has 0 saturated carbocycles. The van der Waals surface area contributed by atoms with Crippen LogP contribution >= 0.6 is 0 Å². The molecule has 1 aliphatic heterocycles. The molecular formula is C11H11N5O2. The van der Waals surface area contributed by atoms with E-state index in [9.17, 15) is 4.79 Å². The lowest BCUT2D eigenvalue weighted by Gasteiger charge is -2.29. The van der Waals surface area contributed by atoms with Gasteiger partial charge in [0.05, 0.1) is 24.0 Å². The summed E-state index contributed by atoms with van der Waals surface area (Å²) < 4.78 is 1.97. The molecule has 3 rings (SSSR count). The Kier molecular flexibility index (Phi) is 2.44. The summed E-state index contributed by atoms with van der Waals surface area (Å²) in [5.74, 6) is -0.110. The van der Waals surface area contributed by atoms with Gasteiger partial charge in [-0.2, -0.15) is 0 Å². The first kappa shape index (κ1) is 10.7. The average Bonchev–Trinajstić information content (AvgIpc) is 2.85. The van der Waals surface area contributed by atoms with E-state index in [1.165, 1.54) is 12.3 Å². The highest BCUT2D eigenvalue weighted by Gasteiger charge is 2.21. The predicted molar refractivity (Wildman–Crippen MR) is 62.3 cm³/mol. The third-order valence-corrected chi connectivity index (χ3v) is 3.01. The molecule has 0 aliphatic carbocycles. The molecule has 7 heteroatoms. The molecule has 1 N–H and O–H groups in total. The largest absolute Gasteiger partial charge is 0.478 e. The fourth-order valence-electron chi connectivity index (χ4n) is 2.09. The SMILES string of the molecule is O=C(O)c1ccncc1N1CCn2cnnc2C1. The van der Waals surface area contributed by atoms with Gasteiger partial charge in [0.2, 0.25) is 0 Å². The normalized spacial score (nSPS) is 14.3. The minimum absolute atomic E-state index is 0.262. The van der Waals surface area contributed by atoms with Crippen molar-refractivity contribution in [2.75, 3.05) is 11.4 Å². The molecule has 3 heterocycles. The number of hydrogen-bond donors (Lipinski definition) is 1. The number of pyridine rings is 1. The van der Waals surface area contributed by atoms with Crippen LogP contribution in [0.4, 0.5) is 5.69 Å². The minimum Gasteiger partial charge on any atom is -0.478 e. The Balaban J connectivity index is 1.95. The highest BCUT2D eigenvalue weighted by atomic mass is 16.4. The topological polar surface area (TPSA) is 84.1 Å². The van der Waals surface area contributed by atoms with Crippen molar-refractivity contribution in [3.05, 3.63) is 36.2 Å². The molecule has 7 nitrogen and oxygen atoms in total. The zero-order valence-corrected chi connectivity index (χ0v) is 9.52. The zero-order chi connectivity index (χ0) is 12.5. The number of carboxylic acid groups (broad SMARTS) is 1. The molecule has 0 spiro atoms. The van der Waals surface area contributed by atoms with Crippen LogP contribution in [0.25, 0.3) is 0 Å². The summed E-state index contributed by atoms with van der Waals surface area (Å²) >= 11 is 0. The molecule has 0 aromatic carbocycles. The third kappa shape index (κ3) is 1.69. The van der Waals surface area contributed by atoms with Crippen molar-refractivity contribution in [2.45, 2.75) is 13.1 Å². The summed E-state index contributed by atoms with van der Waals surface area (Å²) in [5, 5.41) is 17.0. The fraction of sp³-hybridized carbons (Fsp3) is 0.273. The Morgan fingerprint density at radius 1 is 1.39 bits per heavy atom. The van der Waals surface area contributed by atoms with Crippen LogP contribution in [0.15, 0.2) is 24.8 Å². The summed E-state index contributed by atoms with van der Waals surface area (Å²) in [6.07, 6.45) is 4.75. The molecule has 2 aromatic heterocycles. The summed E-state index contributed by atoms with van der Waals surface area (Å²) in [6.45, 7) is 2.01. The van der Waals surface area contributed by atoms with E-state index < -0.39 is 5.97 Å². The van der Waals surface area contributed by atoms with Crippen molar-refractivity contribution < 1.29 is 9.90 Å². The minimum atomic E-state index is -0.945. The summed E-state index contributed by atoms with van der Waals surface area (Å²) in [6, 6.07) is 1.51. The number of nitrogens with zero attached hydrogens (tertiary/aromatic N) is 5. The number of rotatable bonds is 2. The Bertz CT molecular complexity index is 595. The molecule has 2 aromatic rings. The second-order valence-corrected chi connectivity index (χ2v) is 4.06. The van der Waals surface area contributed by atoms with Crippen LogP contribution in [0.5, 0.6) is 0 Å². The highest BCUT2D eigenvalue weighted by molar-refractivity contribution is 5.94. The van der Waals surface area contributed by atoms with Gasteiger partial charge in [0.1, 0.15) is 6.33 Å². The van der Waals surface area contributed by atoms with Crippen LogP contribution in [0.3, 0.4) is 0 Å². The number of hydrogen-bond acceptors (Lipinski definition) is 5. The zero-order valence-electron chi connectivity index (χ0n) is 9.52. The van der Waals surface area contributed by atoms with Crippen molar-refractivity contribution in [1.29, 1.82) is 0 Å². The van der Waals surface area contributed by atoms with E-state index in [-0.39, 0.29) is 5.56 Å². The Morgan fingerprint density at radius 2 is 2.28 bits per heavy atom. The van der Waals surface area contributed by atoms with Crippen molar-refractivity contribution in [2.24, 2.45) is 0 Å². The van der Waals surface area contributed by atoms with Crippen LogP contribution in [-0.2, 0) is 13.1 Å². The van der Waals surface area contributed by atoms with Gasteiger partial charge in [-0.05, 0) is 6.07 Å². The van der Waals surface area contributed by atoms with Gasteiger partial charge in [0.15, 0.2) is 5.82 Å². The number of carboxylic acids is 1. The lowest BCUT2D eigenvalue weighted by molar-refractivity contribution is 0.0697. The molecule has 1 aliphatic rings. The maximum atomic E-state index is 11.2. The maximum Gasteiger partial charge on any atom is 0.337 e. The molecule has 0 fully saturated rings. The van der Waals surface area contributed by atoms with Crippen molar-refractivity contribution in [1.82, 2.24) is 19.7 Å². The average molecular weight is 245 g/mol. The molecule has 18 heavy (non-hydrogen) atoms. The number of fused-ring (bicyclic) bond motifs is 1. The van der Waals surface area contributed by atoms with Crippen LogP contribution in [0, 0.1) is 0 Å². The van der Waals surface area contributed by atoms with E-state index in [0.29, 0.717) is 12.2 Å². The third-order valence-electron chi connectivity index (χ3n) is 3.01. The van der Waals surface area contributed by atoms with E-state index in [1.54, 1.807) is 12.5 Å². The molecule has 0 radical (unpaired) electrons. The summed E-state index contributed by atoms with van der Waals surface area (Å²) in [4.78, 5) is 17.1. The Labute approximate surface area is 103 Å².